The van der Waals surface area contributed by atoms with Gasteiger partial charge in [-0.15, -0.1) is 0 Å². The molecular weight excluding hydrogens is 390 g/mol. The molecule has 3 N–H and O–H groups in total. The van der Waals surface area contributed by atoms with Crippen LogP contribution in [0.15, 0.2) is 36.4 Å². The molecule has 2 atom stereocenters. The van der Waals surface area contributed by atoms with Crippen molar-refractivity contribution >= 4 is 24.1 Å². The summed E-state index contributed by atoms with van der Waals surface area (Å²) >= 11 is 0. The second kappa shape index (κ2) is 8.19. The van der Waals surface area contributed by atoms with E-state index in [1.807, 2.05) is 30.5 Å². The maximum atomic E-state index is 12.7. The molecule has 2 amide bonds. The molecule has 1 unspecified atom stereocenters. The van der Waals surface area contributed by atoms with E-state index in [-0.39, 0.29) is 29.9 Å². The fraction of sp³-hybridized carbons (Fsp3) is 0.360. The summed E-state index contributed by atoms with van der Waals surface area (Å²) in [5, 5.41) is 11.5. The number of hydrogen-bond acceptors (Lipinski definition) is 4. The molecule has 2 aromatic carbocycles. The average molecular weight is 418 g/mol. The molecule has 0 radical (unpaired) electrons. The first-order valence-electron chi connectivity index (χ1n) is 10.9. The molecule has 1 saturated heterocycles. The molecule has 0 spiro atoms. The van der Waals surface area contributed by atoms with Gasteiger partial charge in [0, 0.05) is 24.3 Å². The van der Waals surface area contributed by atoms with E-state index in [2.05, 4.69) is 41.1 Å². The SMILES string of the molecule is Cc1ccc(C(=O)N[C@H]2CCOC2)cc1-c1ccc2c(c1)=CNC(NC(=O)C1CC1)C=2. The van der Waals surface area contributed by atoms with Crippen LogP contribution in [-0.4, -0.2) is 37.2 Å². The van der Waals surface area contributed by atoms with Crippen LogP contribution in [0.1, 0.15) is 35.2 Å². The Hall–Kier alpha value is -3.12. The number of carbonyl (C=O) groups excluding carboxylic acids is 2. The lowest BCUT2D eigenvalue weighted by molar-refractivity contribution is -0.122. The van der Waals surface area contributed by atoms with E-state index in [1.54, 1.807) is 0 Å². The van der Waals surface area contributed by atoms with Crippen LogP contribution in [0.2, 0.25) is 0 Å². The number of benzene rings is 2. The van der Waals surface area contributed by atoms with Gasteiger partial charge < -0.3 is 20.7 Å². The van der Waals surface area contributed by atoms with Crippen molar-refractivity contribution in [1.29, 1.82) is 0 Å². The van der Waals surface area contributed by atoms with Gasteiger partial charge in [0.05, 0.1) is 12.6 Å². The molecule has 1 aliphatic carbocycles. The number of ether oxygens (including phenoxy) is 1. The van der Waals surface area contributed by atoms with E-state index in [9.17, 15) is 9.59 Å². The number of carbonyl (C=O) groups is 2. The first kappa shape index (κ1) is 19.8. The van der Waals surface area contributed by atoms with Gasteiger partial charge in [0.15, 0.2) is 0 Å². The second-order valence-electron chi connectivity index (χ2n) is 8.65. The monoisotopic (exact) mass is 417 g/mol. The summed E-state index contributed by atoms with van der Waals surface area (Å²) in [6.07, 6.45) is 6.65. The molecule has 0 bridgehead atoms. The summed E-state index contributed by atoms with van der Waals surface area (Å²) in [4.78, 5) is 24.7. The maximum Gasteiger partial charge on any atom is 0.251 e. The first-order valence-corrected chi connectivity index (χ1v) is 10.9. The summed E-state index contributed by atoms with van der Waals surface area (Å²) in [6, 6.07) is 12.2. The fourth-order valence-corrected chi connectivity index (χ4v) is 4.12. The molecular formula is C25H27N3O3. The zero-order valence-electron chi connectivity index (χ0n) is 17.6. The highest BCUT2D eigenvalue weighted by Crippen LogP contribution is 2.29. The number of amides is 2. The first-order chi connectivity index (χ1) is 15.1. The Balaban J connectivity index is 1.38. The molecule has 2 aliphatic heterocycles. The molecule has 0 aromatic heterocycles. The van der Waals surface area contributed by atoms with Gasteiger partial charge >= 0.3 is 0 Å². The lowest BCUT2D eigenvalue weighted by Gasteiger charge is -2.19. The predicted molar refractivity (Wildman–Crippen MR) is 119 cm³/mol. The largest absolute Gasteiger partial charge is 0.379 e. The predicted octanol–water partition coefficient (Wildman–Crippen LogP) is 1.15. The van der Waals surface area contributed by atoms with Crippen LogP contribution in [0.3, 0.4) is 0 Å². The Kier molecular flexibility index (Phi) is 5.24. The maximum absolute atomic E-state index is 12.7. The molecule has 2 fully saturated rings. The van der Waals surface area contributed by atoms with Crippen molar-refractivity contribution in [2.75, 3.05) is 13.2 Å². The number of hydrogen-bond donors (Lipinski definition) is 3. The Labute approximate surface area is 181 Å². The van der Waals surface area contributed by atoms with Gasteiger partial charge in [-0.2, -0.15) is 0 Å². The summed E-state index contributed by atoms with van der Waals surface area (Å²) < 4.78 is 5.35. The molecule has 2 aromatic rings. The third kappa shape index (κ3) is 4.35. The highest BCUT2D eigenvalue weighted by atomic mass is 16.5. The van der Waals surface area contributed by atoms with Gasteiger partial charge in [-0.05, 0) is 77.6 Å². The van der Waals surface area contributed by atoms with Crippen molar-refractivity contribution in [3.8, 4) is 11.1 Å². The van der Waals surface area contributed by atoms with Crippen LogP contribution in [0.4, 0.5) is 0 Å². The summed E-state index contributed by atoms with van der Waals surface area (Å²) in [5.74, 6) is 0.246. The smallest absolute Gasteiger partial charge is 0.251 e. The quantitative estimate of drug-likeness (QED) is 0.682. The average Bonchev–Trinajstić information content (AvgIpc) is 3.51. The van der Waals surface area contributed by atoms with Gasteiger partial charge in [-0.1, -0.05) is 18.2 Å². The van der Waals surface area contributed by atoms with Crippen molar-refractivity contribution in [1.82, 2.24) is 16.0 Å². The molecule has 2 heterocycles. The lowest BCUT2D eigenvalue weighted by atomic mass is 9.96. The van der Waals surface area contributed by atoms with Gasteiger partial charge in [0.2, 0.25) is 5.91 Å². The molecule has 5 rings (SSSR count). The lowest BCUT2D eigenvalue weighted by Crippen LogP contribution is -2.48. The Morgan fingerprint density at radius 2 is 1.90 bits per heavy atom. The summed E-state index contributed by atoms with van der Waals surface area (Å²) in [7, 11) is 0. The zero-order valence-corrected chi connectivity index (χ0v) is 17.6. The number of rotatable bonds is 5. The highest BCUT2D eigenvalue weighted by Gasteiger charge is 2.30. The molecule has 160 valence electrons. The minimum Gasteiger partial charge on any atom is -0.379 e. The molecule has 1 saturated carbocycles. The molecule has 3 aliphatic rings. The number of aryl methyl sites for hydroxylation is 1. The van der Waals surface area contributed by atoms with E-state index in [4.69, 9.17) is 4.74 Å². The Bertz CT molecular complexity index is 1150. The minimum atomic E-state index is -0.181. The number of fused-ring (bicyclic) bond motifs is 1. The zero-order chi connectivity index (χ0) is 21.4. The third-order valence-electron chi connectivity index (χ3n) is 6.17. The van der Waals surface area contributed by atoms with Crippen LogP contribution in [-0.2, 0) is 9.53 Å². The van der Waals surface area contributed by atoms with E-state index in [1.165, 1.54) is 0 Å². The van der Waals surface area contributed by atoms with E-state index >= 15 is 0 Å². The fourth-order valence-electron chi connectivity index (χ4n) is 4.12. The summed E-state index contributed by atoms with van der Waals surface area (Å²) in [5.41, 5.74) is 3.86. The highest BCUT2D eigenvalue weighted by molar-refractivity contribution is 5.96. The summed E-state index contributed by atoms with van der Waals surface area (Å²) in [6.45, 7) is 3.33. The van der Waals surface area contributed by atoms with Crippen molar-refractivity contribution in [3.05, 3.63) is 58.0 Å². The van der Waals surface area contributed by atoms with Crippen LogP contribution in [0.5, 0.6) is 0 Å². The number of nitrogens with one attached hydrogen (secondary N) is 3. The molecule has 31 heavy (non-hydrogen) atoms. The second-order valence-corrected chi connectivity index (χ2v) is 8.65. The van der Waals surface area contributed by atoms with Crippen LogP contribution < -0.4 is 26.4 Å². The molecule has 6 heteroatoms. The van der Waals surface area contributed by atoms with Crippen LogP contribution >= 0.6 is 0 Å². The van der Waals surface area contributed by atoms with Crippen molar-refractivity contribution in [2.24, 2.45) is 5.92 Å². The standard InChI is InChI=1S/C25H27N3O3/c1-15-2-3-19(25(30)27-21-8-9-31-14-21)11-22(15)18-7-6-17-12-23(26-13-20(17)10-18)28-24(29)16-4-5-16/h2-3,6-7,10-13,16,21,23,26H,4-5,8-9,14H2,1H3,(H,27,30)(H,28,29)/t21-,23?/m0/s1. The van der Waals surface area contributed by atoms with Crippen LogP contribution in [0, 0.1) is 12.8 Å². The minimum absolute atomic E-state index is 0.0643. The van der Waals surface area contributed by atoms with E-state index in [0.717, 1.165) is 46.4 Å². The van der Waals surface area contributed by atoms with Crippen molar-refractivity contribution in [3.63, 3.8) is 0 Å². The van der Waals surface area contributed by atoms with Crippen molar-refractivity contribution in [2.45, 2.75) is 38.4 Å². The van der Waals surface area contributed by atoms with Gasteiger partial charge in [0.25, 0.3) is 5.91 Å². The van der Waals surface area contributed by atoms with Crippen molar-refractivity contribution < 1.29 is 14.3 Å². The Morgan fingerprint density at radius 3 is 2.68 bits per heavy atom. The van der Waals surface area contributed by atoms with Gasteiger partial charge in [0.1, 0.15) is 6.17 Å². The topological polar surface area (TPSA) is 79.5 Å². The van der Waals surface area contributed by atoms with Gasteiger partial charge in [-0.3, -0.25) is 9.59 Å². The third-order valence-corrected chi connectivity index (χ3v) is 6.17. The Morgan fingerprint density at radius 1 is 1.03 bits per heavy atom. The van der Waals surface area contributed by atoms with E-state index in [0.29, 0.717) is 18.8 Å². The normalized spacial score (nSPS) is 21.8. The van der Waals surface area contributed by atoms with Gasteiger partial charge in [-0.25, -0.2) is 0 Å². The van der Waals surface area contributed by atoms with Crippen LogP contribution in [0.25, 0.3) is 23.4 Å². The van der Waals surface area contributed by atoms with E-state index < -0.39 is 0 Å². The molecule has 6 nitrogen and oxygen atoms in total.